The maximum absolute atomic E-state index is 12.1. The van der Waals surface area contributed by atoms with Crippen LogP contribution in [0, 0.1) is 0 Å². The van der Waals surface area contributed by atoms with Crippen LogP contribution >= 0.6 is 24.0 Å². The Labute approximate surface area is 125 Å². The maximum Gasteiger partial charge on any atom is 0.223 e. The molecule has 1 fully saturated rings. The molecule has 1 saturated heterocycles. The Kier molecular flexibility index (Phi) is 6.63. The van der Waals surface area contributed by atoms with Gasteiger partial charge in [0.2, 0.25) is 5.91 Å². The molecule has 0 aliphatic carbocycles. The quantitative estimate of drug-likeness (QED) is 0.928. The van der Waals surface area contributed by atoms with E-state index in [2.05, 4.69) is 0 Å². The highest BCUT2D eigenvalue weighted by molar-refractivity contribution is 6.31. The van der Waals surface area contributed by atoms with Gasteiger partial charge < -0.3 is 10.6 Å². The van der Waals surface area contributed by atoms with Crippen molar-refractivity contribution < 1.29 is 4.79 Å². The molecular weight excluding hydrogens is 283 g/mol. The van der Waals surface area contributed by atoms with E-state index in [4.69, 9.17) is 17.3 Å². The van der Waals surface area contributed by atoms with Gasteiger partial charge >= 0.3 is 0 Å². The molecule has 0 radical (unpaired) electrons. The van der Waals surface area contributed by atoms with E-state index in [0.29, 0.717) is 13.0 Å². The summed E-state index contributed by atoms with van der Waals surface area (Å²) in [5.74, 6) is 0.197. The highest BCUT2D eigenvalue weighted by Gasteiger charge is 2.30. The third-order valence-electron chi connectivity index (χ3n) is 3.43. The van der Waals surface area contributed by atoms with Gasteiger partial charge in [-0.2, -0.15) is 0 Å². The Balaban J connectivity index is 0.00000180. The van der Waals surface area contributed by atoms with Crippen LogP contribution in [0.2, 0.25) is 5.02 Å². The molecule has 0 spiro atoms. The van der Waals surface area contributed by atoms with Crippen molar-refractivity contribution in [2.24, 2.45) is 5.73 Å². The molecule has 0 saturated carbocycles. The summed E-state index contributed by atoms with van der Waals surface area (Å²) in [5.41, 5.74) is 6.52. The number of nitrogens with two attached hydrogens (primary N) is 1. The van der Waals surface area contributed by atoms with Crippen LogP contribution in [0.15, 0.2) is 24.3 Å². The largest absolute Gasteiger partial charge is 0.336 e. The molecule has 19 heavy (non-hydrogen) atoms. The van der Waals surface area contributed by atoms with Gasteiger partial charge in [-0.25, -0.2) is 0 Å². The summed E-state index contributed by atoms with van der Waals surface area (Å²) in [7, 11) is 0. The second kappa shape index (κ2) is 7.73. The van der Waals surface area contributed by atoms with Crippen molar-refractivity contribution in [3.63, 3.8) is 0 Å². The fourth-order valence-electron chi connectivity index (χ4n) is 2.53. The van der Waals surface area contributed by atoms with Crippen molar-refractivity contribution in [1.82, 2.24) is 4.90 Å². The van der Waals surface area contributed by atoms with Crippen LogP contribution in [-0.2, 0) is 4.79 Å². The molecule has 1 atom stereocenters. The number of hydrogen-bond acceptors (Lipinski definition) is 2. The molecule has 1 aromatic carbocycles. The van der Waals surface area contributed by atoms with Gasteiger partial charge in [-0.3, -0.25) is 4.79 Å². The Hall–Kier alpha value is -0.770. The van der Waals surface area contributed by atoms with E-state index in [1.807, 2.05) is 29.2 Å². The minimum Gasteiger partial charge on any atom is -0.336 e. The summed E-state index contributed by atoms with van der Waals surface area (Å²) >= 11 is 6.22. The van der Waals surface area contributed by atoms with Gasteiger partial charge in [-0.05, 0) is 37.4 Å². The highest BCUT2D eigenvalue weighted by Crippen LogP contribution is 2.35. The van der Waals surface area contributed by atoms with E-state index in [9.17, 15) is 4.79 Å². The summed E-state index contributed by atoms with van der Waals surface area (Å²) in [6.45, 7) is 1.40. The van der Waals surface area contributed by atoms with Gasteiger partial charge in [0, 0.05) is 18.0 Å². The normalized spacial score (nSPS) is 18.2. The van der Waals surface area contributed by atoms with Gasteiger partial charge in [0.25, 0.3) is 0 Å². The van der Waals surface area contributed by atoms with Crippen LogP contribution in [0.4, 0.5) is 0 Å². The number of nitrogens with zero attached hydrogens (tertiary/aromatic N) is 1. The third-order valence-corrected chi connectivity index (χ3v) is 3.78. The van der Waals surface area contributed by atoms with Gasteiger partial charge in [0.15, 0.2) is 0 Å². The first-order valence-corrected chi connectivity index (χ1v) is 6.86. The smallest absolute Gasteiger partial charge is 0.223 e. The average Bonchev–Trinajstić information content (AvgIpc) is 2.85. The van der Waals surface area contributed by atoms with Crippen LogP contribution in [-0.4, -0.2) is 23.9 Å². The van der Waals surface area contributed by atoms with E-state index in [1.165, 1.54) is 0 Å². The van der Waals surface area contributed by atoms with Crippen molar-refractivity contribution in [3.8, 4) is 0 Å². The molecule has 1 amide bonds. The van der Waals surface area contributed by atoms with E-state index >= 15 is 0 Å². The molecule has 1 aromatic rings. The zero-order valence-corrected chi connectivity index (χ0v) is 12.4. The highest BCUT2D eigenvalue weighted by atomic mass is 35.5. The van der Waals surface area contributed by atoms with Gasteiger partial charge in [-0.15, -0.1) is 12.4 Å². The topological polar surface area (TPSA) is 46.3 Å². The Morgan fingerprint density at radius 3 is 2.84 bits per heavy atom. The van der Waals surface area contributed by atoms with Gasteiger partial charge in [0.05, 0.1) is 6.04 Å². The lowest BCUT2D eigenvalue weighted by Gasteiger charge is -2.25. The summed E-state index contributed by atoms with van der Waals surface area (Å²) in [6, 6.07) is 7.94. The van der Waals surface area contributed by atoms with Crippen molar-refractivity contribution >= 4 is 29.9 Å². The molecular formula is C14H20Cl2N2O. The van der Waals surface area contributed by atoms with E-state index < -0.39 is 0 Å². The number of likely N-dealkylation sites (tertiary alicyclic amines) is 1. The minimum absolute atomic E-state index is 0. The van der Waals surface area contributed by atoms with Crippen LogP contribution in [0.25, 0.3) is 0 Å². The molecule has 0 aromatic heterocycles. The zero-order valence-electron chi connectivity index (χ0n) is 10.8. The Morgan fingerprint density at radius 2 is 2.16 bits per heavy atom. The second-order valence-corrected chi connectivity index (χ2v) is 5.07. The molecule has 5 heteroatoms. The fourth-order valence-corrected chi connectivity index (χ4v) is 2.79. The Morgan fingerprint density at radius 1 is 1.42 bits per heavy atom. The zero-order chi connectivity index (χ0) is 13.0. The number of halogens is 2. The van der Waals surface area contributed by atoms with Crippen molar-refractivity contribution in [1.29, 1.82) is 0 Å². The lowest BCUT2D eigenvalue weighted by Crippen LogP contribution is -2.30. The van der Waals surface area contributed by atoms with Crippen molar-refractivity contribution in [3.05, 3.63) is 34.9 Å². The first-order chi connectivity index (χ1) is 8.74. The standard InChI is InChI=1S/C14H19ClN2O.ClH/c15-12-6-2-1-5-11(12)13-7-4-10-17(13)14(18)8-3-9-16;/h1-2,5-6,13H,3-4,7-10,16H2;1H. The van der Waals surface area contributed by atoms with Crippen LogP contribution in [0.5, 0.6) is 0 Å². The number of amides is 1. The molecule has 1 aliphatic heterocycles. The molecule has 2 rings (SSSR count). The lowest BCUT2D eigenvalue weighted by molar-refractivity contribution is -0.132. The van der Waals surface area contributed by atoms with Crippen molar-refractivity contribution in [2.75, 3.05) is 13.1 Å². The van der Waals surface area contributed by atoms with E-state index in [1.54, 1.807) is 0 Å². The molecule has 1 unspecified atom stereocenters. The maximum atomic E-state index is 12.1. The van der Waals surface area contributed by atoms with E-state index in [-0.39, 0.29) is 24.4 Å². The summed E-state index contributed by atoms with van der Waals surface area (Å²) < 4.78 is 0. The minimum atomic E-state index is 0. The summed E-state index contributed by atoms with van der Waals surface area (Å²) in [4.78, 5) is 14.1. The fraction of sp³-hybridized carbons (Fsp3) is 0.500. The number of hydrogen-bond donors (Lipinski definition) is 1. The molecule has 1 aliphatic rings. The Bertz CT molecular complexity index is 426. The average molecular weight is 303 g/mol. The van der Waals surface area contributed by atoms with Gasteiger partial charge in [-0.1, -0.05) is 29.8 Å². The summed E-state index contributed by atoms with van der Waals surface area (Å²) in [5, 5.41) is 0.751. The SMILES string of the molecule is Cl.NCCCC(=O)N1CCCC1c1ccccc1Cl. The predicted octanol–water partition coefficient (Wildman–Crippen LogP) is 3.16. The second-order valence-electron chi connectivity index (χ2n) is 4.66. The number of rotatable bonds is 4. The lowest BCUT2D eigenvalue weighted by atomic mass is 10.0. The monoisotopic (exact) mass is 302 g/mol. The third kappa shape index (κ3) is 3.85. The molecule has 3 nitrogen and oxygen atoms in total. The number of benzene rings is 1. The number of carbonyl (C=O) groups excluding carboxylic acids is 1. The molecule has 106 valence electrons. The first-order valence-electron chi connectivity index (χ1n) is 6.48. The number of carbonyl (C=O) groups is 1. The molecule has 1 heterocycles. The van der Waals surface area contributed by atoms with Crippen molar-refractivity contribution in [2.45, 2.75) is 31.7 Å². The molecule has 2 N–H and O–H groups in total. The predicted molar refractivity (Wildman–Crippen MR) is 80.7 cm³/mol. The van der Waals surface area contributed by atoms with Gasteiger partial charge in [0.1, 0.15) is 0 Å². The van der Waals surface area contributed by atoms with Crippen LogP contribution in [0.1, 0.15) is 37.3 Å². The van der Waals surface area contributed by atoms with E-state index in [0.717, 1.165) is 36.4 Å². The first kappa shape index (κ1) is 16.3. The van der Waals surface area contributed by atoms with Crippen LogP contribution < -0.4 is 5.73 Å². The summed E-state index contributed by atoms with van der Waals surface area (Å²) in [6.07, 6.45) is 3.34. The van der Waals surface area contributed by atoms with Crippen LogP contribution in [0.3, 0.4) is 0 Å². The molecule has 0 bridgehead atoms.